The Bertz CT molecular complexity index is 645. The van der Waals surface area contributed by atoms with Crippen LogP contribution < -0.4 is 10.6 Å². The Kier molecular flexibility index (Phi) is 3.62. The third-order valence-corrected chi connectivity index (χ3v) is 3.63. The summed E-state index contributed by atoms with van der Waals surface area (Å²) >= 11 is 0. The molecule has 1 atom stereocenters. The summed E-state index contributed by atoms with van der Waals surface area (Å²) < 4.78 is 0. The van der Waals surface area contributed by atoms with Crippen molar-refractivity contribution in [2.75, 3.05) is 18.4 Å². The van der Waals surface area contributed by atoms with Crippen LogP contribution in [-0.4, -0.2) is 18.1 Å². The van der Waals surface area contributed by atoms with Crippen molar-refractivity contribution in [2.45, 2.75) is 12.5 Å². The van der Waals surface area contributed by atoms with Gasteiger partial charge in [0.2, 0.25) is 0 Å². The topological polar surface area (TPSA) is 60.7 Å². The van der Waals surface area contributed by atoms with Crippen molar-refractivity contribution in [1.82, 2.24) is 10.3 Å². The number of anilines is 1. The van der Waals surface area contributed by atoms with Gasteiger partial charge < -0.3 is 10.6 Å². The van der Waals surface area contributed by atoms with E-state index >= 15 is 0 Å². The molecule has 1 unspecified atom stereocenters. The zero-order chi connectivity index (χ0) is 13.8. The summed E-state index contributed by atoms with van der Waals surface area (Å²) in [7, 11) is 0. The van der Waals surface area contributed by atoms with E-state index in [2.05, 4.69) is 46.0 Å². The predicted octanol–water partition coefficient (Wildman–Crippen LogP) is 2.25. The number of pyridine rings is 1. The van der Waals surface area contributed by atoms with E-state index in [0.29, 0.717) is 5.69 Å². The molecule has 0 fully saturated rings. The molecule has 100 valence electrons. The van der Waals surface area contributed by atoms with Crippen LogP contribution in [0.15, 0.2) is 42.6 Å². The number of nitriles is 1. The Morgan fingerprint density at radius 2 is 2.20 bits per heavy atom. The number of nitrogens with one attached hydrogen (secondary N) is 2. The molecule has 0 saturated carbocycles. The molecular formula is C16H16N4. The first-order chi connectivity index (χ1) is 9.88. The molecule has 2 N–H and O–H groups in total. The Labute approximate surface area is 118 Å². The van der Waals surface area contributed by atoms with Gasteiger partial charge in [0.25, 0.3) is 0 Å². The molecule has 0 aliphatic carbocycles. The van der Waals surface area contributed by atoms with E-state index in [4.69, 9.17) is 5.26 Å². The second-order valence-electron chi connectivity index (χ2n) is 4.85. The number of fused-ring (bicyclic) bond motifs is 1. The number of hydrogen-bond acceptors (Lipinski definition) is 4. The smallest absolute Gasteiger partial charge is 0.163 e. The van der Waals surface area contributed by atoms with Gasteiger partial charge >= 0.3 is 0 Å². The molecule has 1 aromatic carbocycles. The van der Waals surface area contributed by atoms with Gasteiger partial charge in [-0.15, -0.1) is 0 Å². The fourth-order valence-corrected chi connectivity index (χ4v) is 2.62. The second-order valence-corrected chi connectivity index (χ2v) is 4.85. The van der Waals surface area contributed by atoms with Gasteiger partial charge in [-0.25, -0.2) is 4.98 Å². The van der Waals surface area contributed by atoms with Crippen LogP contribution in [0.4, 0.5) is 5.69 Å². The normalized spacial score (nSPS) is 17.1. The fraction of sp³-hybridized carbons (Fsp3) is 0.250. The van der Waals surface area contributed by atoms with E-state index in [1.807, 2.05) is 12.1 Å². The highest BCUT2D eigenvalue weighted by molar-refractivity contribution is 5.53. The van der Waals surface area contributed by atoms with Crippen molar-refractivity contribution in [3.05, 3.63) is 59.4 Å². The minimum absolute atomic E-state index is 0.270. The molecule has 2 heterocycles. The summed E-state index contributed by atoms with van der Waals surface area (Å²) in [6, 6.07) is 14.6. The Balaban J connectivity index is 1.75. The molecule has 0 amide bonds. The van der Waals surface area contributed by atoms with E-state index in [-0.39, 0.29) is 6.04 Å². The van der Waals surface area contributed by atoms with E-state index in [9.17, 15) is 0 Å². The number of hydrogen-bond donors (Lipinski definition) is 2. The van der Waals surface area contributed by atoms with Crippen LogP contribution in [0, 0.1) is 11.3 Å². The molecule has 1 aliphatic heterocycles. The van der Waals surface area contributed by atoms with Crippen molar-refractivity contribution in [1.29, 1.82) is 5.26 Å². The summed E-state index contributed by atoms with van der Waals surface area (Å²) in [5.74, 6) is 0. The summed E-state index contributed by atoms with van der Waals surface area (Å²) in [6.45, 7) is 1.74. The van der Waals surface area contributed by atoms with E-state index in [1.165, 1.54) is 11.1 Å². The molecular weight excluding hydrogens is 248 g/mol. The van der Waals surface area contributed by atoms with Gasteiger partial charge in [-0.3, -0.25) is 0 Å². The van der Waals surface area contributed by atoms with Gasteiger partial charge in [0, 0.05) is 18.8 Å². The summed E-state index contributed by atoms with van der Waals surface area (Å²) in [5.41, 5.74) is 3.98. The summed E-state index contributed by atoms with van der Waals surface area (Å²) in [4.78, 5) is 4.06. The minimum Gasteiger partial charge on any atom is -0.381 e. The molecule has 3 rings (SSSR count). The van der Waals surface area contributed by atoms with Crippen LogP contribution in [0.3, 0.4) is 0 Å². The lowest BCUT2D eigenvalue weighted by Gasteiger charge is -2.27. The molecule has 4 heteroatoms. The van der Waals surface area contributed by atoms with E-state index in [0.717, 1.165) is 25.2 Å². The monoisotopic (exact) mass is 264 g/mol. The Morgan fingerprint density at radius 3 is 3.10 bits per heavy atom. The first-order valence-corrected chi connectivity index (χ1v) is 6.78. The molecule has 4 nitrogen and oxygen atoms in total. The van der Waals surface area contributed by atoms with Crippen molar-refractivity contribution in [3.8, 4) is 6.07 Å². The van der Waals surface area contributed by atoms with Gasteiger partial charge in [-0.2, -0.15) is 5.26 Å². The molecule has 0 saturated heterocycles. The molecule has 1 aliphatic rings. The van der Waals surface area contributed by atoms with Gasteiger partial charge in [0.1, 0.15) is 6.07 Å². The highest BCUT2D eigenvalue weighted by Crippen LogP contribution is 2.23. The molecule has 2 aromatic rings. The average Bonchev–Trinajstić information content (AvgIpc) is 2.53. The maximum atomic E-state index is 9.05. The Morgan fingerprint density at radius 1 is 1.30 bits per heavy atom. The summed E-state index contributed by atoms with van der Waals surface area (Å²) in [6.07, 6.45) is 2.71. The van der Waals surface area contributed by atoms with Crippen molar-refractivity contribution >= 4 is 5.69 Å². The van der Waals surface area contributed by atoms with Gasteiger partial charge in [-0.05, 0) is 36.2 Å². The van der Waals surface area contributed by atoms with E-state index in [1.54, 1.807) is 6.20 Å². The maximum absolute atomic E-state index is 9.05. The van der Waals surface area contributed by atoms with Crippen LogP contribution in [0.1, 0.15) is 22.9 Å². The van der Waals surface area contributed by atoms with Crippen molar-refractivity contribution < 1.29 is 0 Å². The first-order valence-electron chi connectivity index (χ1n) is 6.78. The lowest BCUT2D eigenvalue weighted by atomic mass is 9.94. The van der Waals surface area contributed by atoms with Gasteiger partial charge in [0.15, 0.2) is 5.69 Å². The standard InChI is InChI=1S/C16H16N4/c17-10-15-14(6-3-8-18-15)20-11-16-13-5-2-1-4-12(13)7-9-19-16/h1-6,8,16,19-20H,7,9,11H2. The molecule has 0 spiro atoms. The number of benzene rings is 1. The van der Waals surface area contributed by atoms with Crippen molar-refractivity contribution in [2.24, 2.45) is 0 Å². The zero-order valence-corrected chi connectivity index (χ0v) is 11.1. The maximum Gasteiger partial charge on any atom is 0.163 e. The number of nitrogens with zero attached hydrogens (tertiary/aromatic N) is 2. The highest BCUT2D eigenvalue weighted by atomic mass is 15.0. The SMILES string of the molecule is N#Cc1ncccc1NCC1NCCc2ccccc21. The number of aromatic nitrogens is 1. The highest BCUT2D eigenvalue weighted by Gasteiger charge is 2.18. The van der Waals surface area contributed by atoms with Gasteiger partial charge in [0.05, 0.1) is 5.69 Å². The number of rotatable bonds is 3. The van der Waals surface area contributed by atoms with Crippen LogP contribution in [0.2, 0.25) is 0 Å². The quantitative estimate of drug-likeness (QED) is 0.892. The van der Waals surface area contributed by atoms with Gasteiger partial charge in [-0.1, -0.05) is 24.3 Å². The second kappa shape index (κ2) is 5.72. The largest absolute Gasteiger partial charge is 0.381 e. The lowest BCUT2D eigenvalue weighted by Crippen LogP contribution is -2.34. The first kappa shape index (κ1) is 12.6. The summed E-state index contributed by atoms with van der Waals surface area (Å²) in [5, 5.41) is 15.9. The average molecular weight is 264 g/mol. The van der Waals surface area contributed by atoms with E-state index < -0.39 is 0 Å². The molecule has 0 radical (unpaired) electrons. The van der Waals surface area contributed by atoms with Crippen LogP contribution in [-0.2, 0) is 6.42 Å². The molecule has 20 heavy (non-hydrogen) atoms. The Hall–Kier alpha value is -2.38. The minimum atomic E-state index is 0.270. The van der Waals surface area contributed by atoms with Crippen LogP contribution >= 0.6 is 0 Å². The van der Waals surface area contributed by atoms with Crippen LogP contribution in [0.5, 0.6) is 0 Å². The predicted molar refractivity (Wildman–Crippen MR) is 78.3 cm³/mol. The lowest BCUT2D eigenvalue weighted by molar-refractivity contribution is 0.523. The van der Waals surface area contributed by atoms with Crippen molar-refractivity contribution in [3.63, 3.8) is 0 Å². The zero-order valence-electron chi connectivity index (χ0n) is 11.1. The third kappa shape index (κ3) is 2.49. The fourth-order valence-electron chi connectivity index (χ4n) is 2.62. The molecule has 1 aromatic heterocycles. The third-order valence-electron chi connectivity index (χ3n) is 3.63. The van der Waals surface area contributed by atoms with Crippen LogP contribution in [0.25, 0.3) is 0 Å². The molecule has 0 bridgehead atoms.